The van der Waals surface area contributed by atoms with Gasteiger partial charge in [0.25, 0.3) is 0 Å². The summed E-state index contributed by atoms with van der Waals surface area (Å²) in [7, 11) is 0. The second kappa shape index (κ2) is 4.90. The first-order valence-corrected chi connectivity index (χ1v) is 5.43. The van der Waals surface area contributed by atoms with Gasteiger partial charge in [0.05, 0.1) is 18.4 Å². The lowest BCUT2D eigenvalue weighted by Crippen LogP contribution is -2.11. The maximum Gasteiger partial charge on any atom is 0.0725 e. The first-order valence-electron chi connectivity index (χ1n) is 5.43. The maximum atomic E-state index is 5.54. The molecule has 0 amide bonds. The highest BCUT2D eigenvalue weighted by atomic mass is 15.4. The van der Waals surface area contributed by atoms with E-state index < -0.39 is 0 Å². The van der Waals surface area contributed by atoms with Crippen molar-refractivity contribution < 1.29 is 0 Å². The van der Waals surface area contributed by atoms with Crippen molar-refractivity contribution in [3.8, 4) is 0 Å². The Hall–Kier alpha value is -1.68. The van der Waals surface area contributed by atoms with E-state index in [1.54, 1.807) is 6.20 Å². The van der Waals surface area contributed by atoms with Gasteiger partial charge >= 0.3 is 0 Å². The van der Waals surface area contributed by atoms with Crippen LogP contribution in [0.2, 0.25) is 0 Å². The van der Waals surface area contributed by atoms with E-state index in [2.05, 4.69) is 29.4 Å². The summed E-state index contributed by atoms with van der Waals surface area (Å²) < 4.78 is 1.91. The third-order valence-corrected chi connectivity index (χ3v) is 2.68. The lowest BCUT2D eigenvalue weighted by atomic mass is 10.1. The largest absolute Gasteiger partial charge is 0.330 e. The summed E-state index contributed by atoms with van der Waals surface area (Å²) in [5, 5.41) is 8.01. The minimum absolute atomic E-state index is 0.626. The van der Waals surface area contributed by atoms with Crippen LogP contribution in [0.1, 0.15) is 16.8 Å². The molecule has 0 saturated carbocycles. The zero-order valence-electron chi connectivity index (χ0n) is 9.43. The van der Waals surface area contributed by atoms with Crippen LogP contribution >= 0.6 is 0 Å². The van der Waals surface area contributed by atoms with Crippen LogP contribution in [0.3, 0.4) is 0 Å². The minimum atomic E-state index is 0.626. The van der Waals surface area contributed by atoms with Crippen molar-refractivity contribution in [2.45, 2.75) is 19.9 Å². The van der Waals surface area contributed by atoms with Gasteiger partial charge in [-0.3, -0.25) is 0 Å². The summed E-state index contributed by atoms with van der Waals surface area (Å²) in [6.45, 7) is 3.50. The van der Waals surface area contributed by atoms with Gasteiger partial charge in [-0.1, -0.05) is 29.5 Å². The predicted molar refractivity (Wildman–Crippen MR) is 63.1 cm³/mol. The van der Waals surface area contributed by atoms with Crippen LogP contribution in [0.25, 0.3) is 0 Å². The van der Waals surface area contributed by atoms with Crippen molar-refractivity contribution in [3.63, 3.8) is 0 Å². The highest BCUT2D eigenvalue weighted by Gasteiger charge is 2.04. The summed E-state index contributed by atoms with van der Waals surface area (Å²) in [4.78, 5) is 0. The molecule has 0 aliphatic rings. The van der Waals surface area contributed by atoms with Crippen LogP contribution in [-0.2, 0) is 13.0 Å². The zero-order valence-corrected chi connectivity index (χ0v) is 9.43. The lowest BCUT2D eigenvalue weighted by Gasteiger charge is -2.07. The third-order valence-electron chi connectivity index (χ3n) is 2.68. The normalized spacial score (nSPS) is 10.6. The molecule has 4 nitrogen and oxygen atoms in total. The number of aryl methyl sites for hydroxylation is 1. The summed E-state index contributed by atoms with van der Waals surface area (Å²) in [6.07, 6.45) is 2.60. The highest BCUT2D eigenvalue weighted by molar-refractivity contribution is 5.25. The number of rotatable bonds is 4. The van der Waals surface area contributed by atoms with Crippen LogP contribution in [-0.4, -0.2) is 21.5 Å². The molecule has 0 saturated heterocycles. The molecule has 0 unspecified atom stereocenters. The molecule has 2 rings (SSSR count). The van der Waals surface area contributed by atoms with Crippen molar-refractivity contribution in [1.82, 2.24) is 15.0 Å². The molecule has 0 aliphatic carbocycles. The summed E-state index contributed by atoms with van der Waals surface area (Å²) in [5.74, 6) is 0. The first kappa shape index (κ1) is 10.8. The number of hydrogen-bond donors (Lipinski definition) is 1. The Morgan fingerprint density at radius 1 is 1.31 bits per heavy atom. The quantitative estimate of drug-likeness (QED) is 0.833. The van der Waals surface area contributed by atoms with E-state index in [1.807, 2.05) is 16.8 Å². The molecule has 1 aromatic carbocycles. The SMILES string of the molecule is Cc1ccccc1Cn1nncc1CCN. The lowest BCUT2D eigenvalue weighted by molar-refractivity contribution is 0.615. The smallest absolute Gasteiger partial charge is 0.0725 e. The van der Waals surface area contributed by atoms with Gasteiger partial charge in [0.1, 0.15) is 0 Å². The minimum Gasteiger partial charge on any atom is -0.330 e. The highest BCUT2D eigenvalue weighted by Crippen LogP contribution is 2.09. The predicted octanol–water partition coefficient (Wildman–Crippen LogP) is 1.14. The Morgan fingerprint density at radius 2 is 2.12 bits per heavy atom. The molecule has 4 heteroatoms. The number of nitrogens with zero attached hydrogens (tertiary/aromatic N) is 3. The first-order chi connectivity index (χ1) is 7.81. The van der Waals surface area contributed by atoms with Gasteiger partial charge in [0, 0.05) is 6.42 Å². The van der Waals surface area contributed by atoms with Crippen LogP contribution in [0.4, 0.5) is 0 Å². The van der Waals surface area contributed by atoms with E-state index in [4.69, 9.17) is 5.73 Å². The molecule has 0 fully saturated rings. The number of benzene rings is 1. The van der Waals surface area contributed by atoms with Gasteiger partial charge in [-0.15, -0.1) is 5.10 Å². The molecule has 0 bridgehead atoms. The molecule has 0 atom stereocenters. The van der Waals surface area contributed by atoms with Crippen molar-refractivity contribution >= 4 is 0 Å². The van der Waals surface area contributed by atoms with Gasteiger partial charge in [-0.25, -0.2) is 4.68 Å². The fourth-order valence-corrected chi connectivity index (χ4v) is 1.70. The van der Waals surface area contributed by atoms with Gasteiger partial charge in [0.2, 0.25) is 0 Å². The Labute approximate surface area is 95.1 Å². The standard InChI is InChI=1S/C12H16N4/c1-10-4-2-3-5-11(10)9-16-12(6-7-13)8-14-15-16/h2-5,8H,6-7,9,13H2,1H3. The van der Waals surface area contributed by atoms with E-state index in [9.17, 15) is 0 Å². The molecule has 0 radical (unpaired) electrons. The second-order valence-corrected chi connectivity index (χ2v) is 3.85. The summed E-state index contributed by atoms with van der Waals surface area (Å²) in [5.41, 5.74) is 9.18. The van der Waals surface area contributed by atoms with E-state index in [1.165, 1.54) is 11.1 Å². The van der Waals surface area contributed by atoms with Gasteiger partial charge < -0.3 is 5.73 Å². The van der Waals surface area contributed by atoms with E-state index in [0.717, 1.165) is 18.7 Å². The molecular formula is C12H16N4. The zero-order chi connectivity index (χ0) is 11.4. The van der Waals surface area contributed by atoms with Crippen LogP contribution < -0.4 is 5.73 Å². The fourth-order valence-electron chi connectivity index (χ4n) is 1.70. The fraction of sp³-hybridized carbons (Fsp3) is 0.333. The molecule has 0 spiro atoms. The van der Waals surface area contributed by atoms with Crippen LogP contribution in [0, 0.1) is 6.92 Å². The Morgan fingerprint density at radius 3 is 2.88 bits per heavy atom. The number of aromatic nitrogens is 3. The van der Waals surface area contributed by atoms with E-state index in [0.29, 0.717) is 6.54 Å². The summed E-state index contributed by atoms with van der Waals surface area (Å²) >= 11 is 0. The van der Waals surface area contributed by atoms with Crippen molar-refractivity contribution in [3.05, 3.63) is 47.3 Å². The molecule has 84 valence electrons. The van der Waals surface area contributed by atoms with Crippen LogP contribution in [0.15, 0.2) is 30.5 Å². The van der Waals surface area contributed by atoms with Gasteiger partial charge in [-0.2, -0.15) is 0 Å². The van der Waals surface area contributed by atoms with Crippen molar-refractivity contribution in [2.24, 2.45) is 5.73 Å². The van der Waals surface area contributed by atoms with E-state index >= 15 is 0 Å². The molecule has 0 aliphatic heterocycles. The molecule has 1 heterocycles. The number of hydrogen-bond acceptors (Lipinski definition) is 3. The topological polar surface area (TPSA) is 56.7 Å². The number of nitrogens with two attached hydrogens (primary N) is 1. The monoisotopic (exact) mass is 216 g/mol. The van der Waals surface area contributed by atoms with Crippen molar-refractivity contribution in [2.75, 3.05) is 6.54 Å². The molecule has 16 heavy (non-hydrogen) atoms. The summed E-state index contributed by atoms with van der Waals surface area (Å²) in [6, 6.07) is 8.31. The van der Waals surface area contributed by atoms with E-state index in [-0.39, 0.29) is 0 Å². The average Bonchev–Trinajstić information content (AvgIpc) is 2.70. The Kier molecular flexibility index (Phi) is 3.31. The average molecular weight is 216 g/mol. The van der Waals surface area contributed by atoms with Crippen LogP contribution in [0.5, 0.6) is 0 Å². The Balaban J connectivity index is 2.20. The Bertz CT molecular complexity index is 462. The second-order valence-electron chi connectivity index (χ2n) is 3.85. The van der Waals surface area contributed by atoms with Crippen molar-refractivity contribution in [1.29, 1.82) is 0 Å². The molecular weight excluding hydrogens is 200 g/mol. The molecule has 2 aromatic rings. The maximum absolute atomic E-state index is 5.54. The van der Waals surface area contributed by atoms with Gasteiger partial charge in [-0.05, 0) is 24.6 Å². The third kappa shape index (κ3) is 2.28. The molecule has 1 aromatic heterocycles. The van der Waals surface area contributed by atoms with Gasteiger partial charge in [0.15, 0.2) is 0 Å². The molecule has 2 N–H and O–H groups in total.